The quantitative estimate of drug-likeness (QED) is 0.377. The van der Waals surface area contributed by atoms with Gasteiger partial charge in [0.25, 0.3) is 5.91 Å². The van der Waals surface area contributed by atoms with E-state index in [1.165, 1.54) is 6.33 Å². The number of carbonyl (C=O) groups excluding carboxylic acids is 1. The second kappa shape index (κ2) is 9.64. The second-order valence-electron chi connectivity index (χ2n) is 7.63. The molecule has 1 N–H and O–H groups in total. The van der Waals surface area contributed by atoms with Crippen molar-refractivity contribution < 1.29 is 14.1 Å². The standard InChI is InChI=1S/C23H21Cl2N5O3/c1-13-6-14(2)8-18(7-13)32-11-19-15(3)33-29-21(19)22(31)27-23-26-12-30(28-23)10-16-4-5-17(24)9-20(16)25/h4-9,12H,10-11H2,1-3H3,(H,27,28,31). The average Bonchev–Trinajstić information content (AvgIpc) is 3.34. The number of hydrogen-bond donors (Lipinski definition) is 1. The molecule has 0 atom stereocenters. The number of nitrogens with zero attached hydrogens (tertiary/aromatic N) is 4. The van der Waals surface area contributed by atoms with Crippen molar-refractivity contribution >= 4 is 35.1 Å². The molecule has 0 fully saturated rings. The summed E-state index contributed by atoms with van der Waals surface area (Å²) in [4.78, 5) is 16.9. The van der Waals surface area contributed by atoms with Gasteiger partial charge in [-0.1, -0.05) is 40.5 Å². The normalized spacial score (nSPS) is 10.9. The Morgan fingerprint density at radius 2 is 1.88 bits per heavy atom. The van der Waals surface area contributed by atoms with E-state index in [2.05, 4.69) is 26.6 Å². The summed E-state index contributed by atoms with van der Waals surface area (Å²) in [6.45, 7) is 6.23. The minimum Gasteiger partial charge on any atom is -0.489 e. The number of aryl methyl sites for hydroxylation is 3. The van der Waals surface area contributed by atoms with Crippen molar-refractivity contribution in [1.29, 1.82) is 0 Å². The van der Waals surface area contributed by atoms with Crippen LogP contribution in [-0.4, -0.2) is 25.8 Å². The number of amides is 1. The summed E-state index contributed by atoms with van der Waals surface area (Å²) in [6, 6.07) is 11.1. The molecule has 2 aromatic heterocycles. The molecule has 10 heteroatoms. The first-order valence-electron chi connectivity index (χ1n) is 10.1. The summed E-state index contributed by atoms with van der Waals surface area (Å²) in [5.41, 5.74) is 3.67. The summed E-state index contributed by atoms with van der Waals surface area (Å²) in [6.07, 6.45) is 1.50. The maximum atomic E-state index is 12.8. The molecule has 0 saturated heterocycles. The molecule has 4 aromatic rings. The summed E-state index contributed by atoms with van der Waals surface area (Å²) >= 11 is 12.2. The molecule has 0 spiro atoms. The van der Waals surface area contributed by atoms with Gasteiger partial charge < -0.3 is 9.26 Å². The molecular formula is C23H21Cl2N5O3. The van der Waals surface area contributed by atoms with E-state index < -0.39 is 5.91 Å². The van der Waals surface area contributed by atoms with Crippen LogP contribution in [0.2, 0.25) is 10.0 Å². The second-order valence-corrected chi connectivity index (χ2v) is 8.48. The van der Waals surface area contributed by atoms with E-state index in [0.717, 1.165) is 16.7 Å². The largest absolute Gasteiger partial charge is 0.489 e. The van der Waals surface area contributed by atoms with Crippen LogP contribution >= 0.6 is 23.2 Å². The number of ether oxygens (including phenoxy) is 1. The number of benzene rings is 2. The van der Waals surface area contributed by atoms with Crippen LogP contribution in [0.15, 0.2) is 47.2 Å². The molecule has 170 valence electrons. The lowest BCUT2D eigenvalue weighted by molar-refractivity contribution is 0.101. The summed E-state index contributed by atoms with van der Waals surface area (Å²) in [5, 5.41) is 11.9. The predicted molar refractivity (Wildman–Crippen MR) is 125 cm³/mol. The van der Waals surface area contributed by atoms with E-state index in [0.29, 0.717) is 33.7 Å². The lowest BCUT2D eigenvalue weighted by atomic mass is 10.1. The van der Waals surface area contributed by atoms with E-state index in [-0.39, 0.29) is 18.2 Å². The first-order chi connectivity index (χ1) is 15.8. The number of anilines is 1. The SMILES string of the molecule is Cc1cc(C)cc(OCc2c(C(=O)Nc3ncn(Cc4ccc(Cl)cc4Cl)n3)noc2C)c1. The number of nitrogens with one attached hydrogen (secondary N) is 1. The fourth-order valence-electron chi connectivity index (χ4n) is 3.32. The maximum absolute atomic E-state index is 12.8. The van der Waals surface area contributed by atoms with Gasteiger partial charge in [-0.3, -0.25) is 10.1 Å². The van der Waals surface area contributed by atoms with Crippen LogP contribution in [0.5, 0.6) is 5.75 Å². The molecule has 1 amide bonds. The third kappa shape index (κ3) is 5.53. The van der Waals surface area contributed by atoms with Crippen molar-refractivity contribution in [3.63, 3.8) is 0 Å². The number of aromatic nitrogens is 4. The van der Waals surface area contributed by atoms with Gasteiger partial charge in [0.2, 0.25) is 5.95 Å². The molecule has 0 aliphatic rings. The Balaban J connectivity index is 1.44. The van der Waals surface area contributed by atoms with E-state index in [1.807, 2.05) is 32.0 Å². The van der Waals surface area contributed by atoms with E-state index in [1.54, 1.807) is 23.7 Å². The Bertz CT molecular complexity index is 1300. The van der Waals surface area contributed by atoms with Crippen LogP contribution in [0.4, 0.5) is 5.95 Å². The lowest BCUT2D eigenvalue weighted by Gasteiger charge is -2.08. The van der Waals surface area contributed by atoms with Crippen LogP contribution in [0.3, 0.4) is 0 Å². The number of hydrogen-bond acceptors (Lipinski definition) is 6. The maximum Gasteiger partial charge on any atom is 0.280 e. The van der Waals surface area contributed by atoms with Gasteiger partial charge in [-0.05, 0) is 61.7 Å². The molecule has 0 aliphatic heterocycles. The van der Waals surface area contributed by atoms with Gasteiger partial charge in [0.15, 0.2) is 5.69 Å². The van der Waals surface area contributed by atoms with Crippen molar-refractivity contribution in [2.75, 3.05) is 5.32 Å². The Labute approximate surface area is 200 Å². The first kappa shape index (κ1) is 22.8. The van der Waals surface area contributed by atoms with Crippen LogP contribution < -0.4 is 10.1 Å². The highest BCUT2D eigenvalue weighted by Gasteiger charge is 2.22. The molecule has 0 saturated carbocycles. The molecule has 0 bridgehead atoms. The van der Waals surface area contributed by atoms with Crippen molar-refractivity contribution in [2.45, 2.75) is 33.9 Å². The van der Waals surface area contributed by atoms with Gasteiger partial charge in [0, 0.05) is 10.0 Å². The summed E-state index contributed by atoms with van der Waals surface area (Å²) in [5.74, 6) is 0.848. The molecule has 33 heavy (non-hydrogen) atoms. The zero-order valence-electron chi connectivity index (χ0n) is 18.2. The van der Waals surface area contributed by atoms with Gasteiger partial charge in [-0.15, -0.1) is 5.10 Å². The number of rotatable bonds is 7. The van der Waals surface area contributed by atoms with Crippen LogP contribution in [0.25, 0.3) is 0 Å². The zero-order valence-corrected chi connectivity index (χ0v) is 19.7. The third-order valence-corrected chi connectivity index (χ3v) is 5.47. The Morgan fingerprint density at radius 3 is 2.61 bits per heavy atom. The molecule has 8 nitrogen and oxygen atoms in total. The molecule has 2 aromatic carbocycles. The third-order valence-electron chi connectivity index (χ3n) is 4.89. The topological polar surface area (TPSA) is 95.1 Å². The highest BCUT2D eigenvalue weighted by Crippen LogP contribution is 2.23. The van der Waals surface area contributed by atoms with Gasteiger partial charge in [-0.25, -0.2) is 9.67 Å². The molecule has 0 unspecified atom stereocenters. The van der Waals surface area contributed by atoms with Gasteiger partial charge in [0.1, 0.15) is 24.4 Å². The molecule has 0 aliphatic carbocycles. The Kier molecular flexibility index (Phi) is 6.67. The van der Waals surface area contributed by atoms with Gasteiger partial charge in [0.05, 0.1) is 12.1 Å². The minimum absolute atomic E-state index is 0.119. The predicted octanol–water partition coefficient (Wildman–Crippen LogP) is 5.38. The lowest BCUT2D eigenvalue weighted by Crippen LogP contribution is -2.16. The Morgan fingerprint density at radius 1 is 1.12 bits per heavy atom. The molecular weight excluding hydrogens is 465 g/mol. The summed E-state index contributed by atoms with van der Waals surface area (Å²) in [7, 11) is 0. The zero-order chi connectivity index (χ0) is 23.5. The van der Waals surface area contributed by atoms with Crippen molar-refractivity contribution in [3.05, 3.63) is 86.5 Å². The van der Waals surface area contributed by atoms with Crippen molar-refractivity contribution in [3.8, 4) is 5.75 Å². The fraction of sp³-hybridized carbons (Fsp3) is 0.217. The average molecular weight is 486 g/mol. The number of carbonyl (C=O) groups is 1. The van der Waals surface area contributed by atoms with Gasteiger partial charge >= 0.3 is 0 Å². The molecule has 0 radical (unpaired) electrons. The van der Waals surface area contributed by atoms with E-state index in [4.69, 9.17) is 32.5 Å². The highest BCUT2D eigenvalue weighted by molar-refractivity contribution is 6.35. The van der Waals surface area contributed by atoms with Crippen LogP contribution in [0, 0.1) is 20.8 Å². The molecule has 4 rings (SSSR count). The molecule has 2 heterocycles. The van der Waals surface area contributed by atoms with Gasteiger partial charge in [-0.2, -0.15) is 0 Å². The van der Waals surface area contributed by atoms with Crippen molar-refractivity contribution in [1.82, 2.24) is 19.9 Å². The smallest absolute Gasteiger partial charge is 0.280 e. The first-order valence-corrected chi connectivity index (χ1v) is 10.8. The summed E-state index contributed by atoms with van der Waals surface area (Å²) < 4.78 is 12.7. The minimum atomic E-state index is -0.492. The number of halogens is 2. The van der Waals surface area contributed by atoms with Crippen LogP contribution in [-0.2, 0) is 13.2 Å². The monoisotopic (exact) mass is 485 g/mol. The van der Waals surface area contributed by atoms with Crippen molar-refractivity contribution in [2.24, 2.45) is 0 Å². The van der Waals surface area contributed by atoms with E-state index in [9.17, 15) is 4.79 Å². The Hall–Kier alpha value is -3.36. The van der Waals surface area contributed by atoms with E-state index >= 15 is 0 Å². The fourth-order valence-corrected chi connectivity index (χ4v) is 3.79. The highest BCUT2D eigenvalue weighted by atomic mass is 35.5. The van der Waals surface area contributed by atoms with Crippen LogP contribution in [0.1, 0.15) is 38.5 Å².